The highest BCUT2D eigenvalue weighted by atomic mass is 16.5. The van der Waals surface area contributed by atoms with Crippen LogP contribution in [0.25, 0.3) is 6.08 Å². The third kappa shape index (κ3) is 5.09. The summed E-state index contributed by atoms with van der Waals surface area (Å²) in [7, 11) is 7.70. The van der Waals surface area contributed by atoms with Crippen LogP contribution in [0.5, 0.6) is 28.7 Å². The highest BCUT2D eigenvalue weighted by molar-refractivity contribution is 5.87. The van der Waals surface area contributed by atoms with E-state index < -0.39 is 5.97 Å². The molecule has 0 heterocycles. The maximum absolute atomic E-state index is 12.1. The van der Waals surface area contributed by atoms with Crippen molar-refractivity contribution < 1.29 is 33.2 Å². The second-order valence-electron chi connectivity index (χ2n) is 5.58. The molecule has 0 aliphatic rings. The van der Waals surface area contributed by atoms with Crippen LogP contribution in [-0.4, -0.2) is 41.5 Å². The zero-order valence-corrected chi connectivity index (χ0v) is 16.6. The summed E-state index contributed by atoms with van der Waals surface area (Å²) < 4.78 is 31.6. The molecule has 0 atom stereocenters. The summed E-state index contributed by atoms with van der Waals surface area (Å²) in [5, 5.41) is 0. The first-order valence-electron chi connectivity index (χ1n) is 8.42. The van der Waals surface area contributed by atoms with Crippen molar-refractivity contribution in [2.45, 2.75) is 6.61 Å². The molecule has 2 aromatic rings. The van der Waals surface area contributed by atoms with Crippen molar-refractivity contribution in [1.82, 2.24) is 0 Å². The Bertz CT molecular complexity index is 818. The Hall–Kier alpha value is -3.35. The van der Waals surface area contributed by atoms with Crippen LogP contribution in [-0.2, 0) is 16.1 Å². The molecule has 0 amide bonds. The fourth-order valence-electron chi connectivity index (χ4n) is 2.55. The van der Waals surface area contributed by atoms with Crippen LogP contribution in [0.2, 0.25) is 0 Å². The van der Waals surface area contributed by atoms with Crippen molar-refractivity contribution >= 4 is 12.0 Å². The van der Waals surface area contributed by atoms with E-state index >= 15 is 0 Å². The molecule has 0 aliphatic carbocycles. The van der Waals surface area contributed by atoms with Crippen molar-refractivity contribution in [3.8, 4) is 28.7 Å². The van der Waals surface area contributed by atoms with E-state index in [-0.39, 0.29) is 6.61 Å². The lowest BCUT2D eigenvalue weighted by atomic mass is 10.1. The second kappa shape index (κ2) is 10.1. The van der Waals surface area contributed by atoms with Gasteiger partial charge in [0, 0.05) is 11.6 Å². The monoisotopic (exact) mass is 388 g/mol. The van der Waals surface area contributed by atoms with Crippen LogP contribution in [0.4, 0.5) is 0 Å². The highest BCUT2D eigenvalue weighted by Crippen LogP contribution is 2.38. The van der Waals surface area contributed by atoms with Gasteiger partial charge in [0.2, 0.25) is 5.75 Å². The third-order valence-electron chi connectivity index (χ3n) is 3.94. The van der Waals surface area contributed by atoms with E-state index in [1.807, 2.05) is 0 Å². The predicted molar refractivity (Wildman–Crippen MR) is 104 cm³/mol. The molecule has 0 radical (unpaired) electrons. The van der Waals surface area contributed by atoms with E-state index in [4.69, 9.17) is 28.4 Å². The Morgan fingerprint density at radius 2 is 1.46 bits per heavy atom. The van der Waals surface area contributed by atoms with E-state index in [1.54, 1.807) is 50.6 Å². The number of ether oxygens (including phenoxy) is 6. The van der Waals surface area contributed by atoms with Gasteiger partial charge < -0.3 is 28.4 Å². The lowest BCUT2D eigenvalue weighted by molar-refractivity contribution is -0.138. The van der Waals surface area contributed by atoms with Crippen molar-refractivity contribution in [3.63, 3.8) is 0 Å². The van der Waals surface area contributed by atoms with Gasteiger partial charge in [0.15, 0.2) is 11.5 Å². The average molecular weight is 388 g/mol. The van der Waals surface area contributed by atoms with Crippen LogP contribution in [0.1, 0.15) is 11.1 Å². The molecule has 0 aromatic heterocycles. The predicted octanol–water partition coefficient (Wildman–Crippen LogP) is 3.49. The van der Waals surface area contributed by atoms with Crippen molar-refractivity contribution in [2.24, 2.45) is 0 Å². The molecule has 0 saturated heterocycles. The van der Waals surface area contributed by atoms with Gasteiger partial charge >= 0.3 is 5.97 Å². The Labute approximate surface area is 164 Å². The summed E-state index contributed by atoms with van der Waals surface area (Å²) in [5.41, 5.74) is 1.40. The minimum absolute atomic E-state index is 0.0507. The average Bonchev–Trinajstić information content (AvgIpc) is 2.74. The van der Waals surface area contributed by atoms with Crippen LogP contribution in [0.15, 0.2) is 36.4 Å². The van der Waals surface area contributed by atoms with Gasteiger partial charge in [0.1, 0.15) is 18.1 Å². The minimum atomic E-state index is -0.501. The molecule has 0 aliphatic heterocycles. The number of rotatable bonds is 9. The molecule has 2 rings (SSSR count). The Kier molecular flexibility index (Phi) is 7.56. The zero-order chi connectivity index (χ0) is 20.5. The Morgan fingerprint density at radius 3 is 2.00 bits per heavy atom. The lowest BCUT2D eigenvalue weighted by Crippen LogP contribution is -2.02. The number of methoxy groups -OCH3 is 5. The van der Waals surface area contributed by atoms with E-state index in [0.717, 1.165) is 0 Å². The summed E-state index contributed by atoms with van der Waals surface area (Å²) in [6.45, 7) is 0.0507. The summed E-state index contributed by atoms with van der Waals surface area (Å²) in [6, 6.07) is 8.76. The number of benzene rings is 2. The third-order valence-corrected chi connectivity index (χ3v) is 3.94. The molecule has 150 valence electrons. The Morgan fingerprint density at radius 1 is 0.821 bits per heavy atom. The SMILES string of the molecule is COc1ccc(OC)c(/C=C/C(=O)OCc2cc(OC)c(OC)c(OC)c2)c1. The van der Waals surface area contributed by atoms with Crippen LogP contribution in [0, 0.1) is 0 Å². The quantitative estimate of drug-likeness (QED) is 0.481. The van der Waals surface area contributed by atoms with E-state index in [0.29, 0.717) is 39.9 Å². The molecule has 0 unspecified atom stereocenters. The van der Waals surface area contributed by atoms with E-state index in [9.17, 15) is 4.79 Å². The number of hydrogen-bond acceptors (Lipinski definition) is 7. The number of carbonyl (C=O) groups excluding carboxylic acids is 1. The maximum Gasteiger partial charge on any atom is 0.331 e. The summed E-state index contributed by atoms with van der Waals surface area (Å²) in [6.07, 6.45) is 2.94. The molecule has 0 fully saturated rings. The lowest BCUT2D eigenvalue weighted by Gasteiger charge is -2.14. The molecule has 0 saturated carbocycles. The van der Waals surface area contributed by atoms with Gasteiger partial charge in [0.25, 0.3) is 0 Å². The van der Waals surface area contributed by atoms with Gasteiger partial charge in [-0.3, -0.25) is 0 Å². The standard InChI is InChI=1S/C21H24O7/c1-23-16-7-8-17(24-2)15(12-16)6-9-20(22)28-13-14-10-18(25-3)21(27-5)19(11-14)26-4/h6-12H,13H2,1-5H3/b9-6+. The van der Waals surface area contributed by atoms with E-state index in [2.05, 4.69) is 0 Å². The Balaban J connectivity index is 2.09. The van der Waals surface area contributed by atoms with Gasteiger partial charge in [-0.25, -0.2) is 4.79 Å². The smallest absolute Gasteiger partial charge is 0.331 e. The molecular formula is C21H24O7. The van der Waals surface area contributed by atoms with Gasteiger partial charge in [-0.1, -0.05) is 0 Å². The van der Waals surface area contributed by atoms with Crippen molar-refractivity contribution in [3.05, 3.63) is 47.5 Å². The van der Waals surface area contributed by atoms with Crippen molar-refractivity contribution in [1.29, 1.82) is 0 Å². The molecule has 2 aromatic carbocycles. The molecule has 7 heteroatoms. The topological polar surface area (TPSA) is 72.5 Å². The minimum Gasteiger partial charge on any atom is -0.497 e. The summed E-state index contributed by atoms with van der Waals surface area (Å²) in [5.74, 6) is 2.23. The molecule has 7 nitrogen and oxygen atoms in total. The van der Waals surface area contributed by atoms with Crippen LogP contribution in [0.3, 0.4) is 0 Å². The molecule has 0 N–H and O–H groups in total. The largest absolute Gasteiger partial charge is 0.497 e. The fourth-order valence-corrected chi connectivity index (χ4v) is 2.55. The maximum atomic E-state index is 12.1. The van der Waals surface area contributed by atoms with Crippen molar-refractivity contribution in [2.75, 3.05) is 35.5 Å². The summed E-state index contributed by atoms with van der Waals surface area (Å²) >= 11 is 0. The number of hydrogen-bond donors (Lipinski definition) is 0. The first kappa shape index (κ1) is 21.0. The van der Waals surface area contributed by atoms with Gasteiger partial charge in [-0.15, -0.1) is 0 Å². The fraction of sp³-hybridized carbons (Fsp3) is 0.286. The van der Waals surface area contributed by atoms with Gasteiger partial charge in [0.05, 0.1) is 35.5 Å². The molecule has 0 bridgehead atoms. The van der Waals surface area contributed by atoms with Crippen LogP contribution >= 0.6 is 0 Å². The summed E-state index contributed by atoms with van der Waals surface area (Å²) in [4.78, 5) is 12.1. The van der Waals surface area contributed by atoms with Gasteiger partial charge in [-0.2, -0.15) is 0 Å². The van der Waals surface area contributed by atoms with Crippen LogP contribution < -0.4 is 23.7 Å². The number of esters is 1. The number of carbonyl (C=O) groups is 1. The van der Waals surface area contributed by atoms with E-state index in [1.165, 1.54) is 27.4 Å². The highest BCUT2D eigenvalue weighted by Gasteiger charge is 2.14. The normalized spacial score (nSPS) is 10.5. The molecule has 28 heavy (non-hydrogen) atoms. The second-order valence-corrected chi connectivity index (χ2v) is 5.58. The molecular weight excluding hydrogens is 364 g/mol. The molecule has 0 spiro atoms. The first-order chi connectivity index (χ1) is 13.6. The zero-order valence-electron chi connectivity index (χ0n) is 16.6. The first-order valence-corrected chi connectivity index (χ1v) is 8.42. The van der Waals surface area contributed by atoms with Gasteiger partial charge in [-0.05, 0) is 42.0 Å².